The minimum atomic E-state index is -3.09. The molecule has 0 aliphatic heterocycles. The topological polar surface area (TPSA) is 46.2 Å². The third-order valence-electron chi connectivity index (χ3n) is 2.19. The average molecular weight is 239 g/mol. The summed E-state index contributed by atoms with van der Waals surface area (Å²) in [5, 5.41) is 3.15. The van der Waals surface area contributed by atoms with Crippen LogP contribution in [0.1, 0.15) is 13.8 Å². The van der Waals surface area contributed by atoms with Crippen molar-refractivity contribution in [2.24, 2.45) is 0 Å². The molecule has 1 aromatic carbocycles. The van der Waals surface area contributed by atoms with Gasteiger partial charge < -0.3 is 5.32 Å². The second-order valence-electron chi connectivity index (χ2n) is 3.74. The van der Waals surface area contributed by atoms with Crippen LogP contribution in [0.5, 0.6) is 0 Å². The van der Waals surface area contributed by atoms with E-state index in [0.717, 1.165) is 11.3 Å². The summed E-state index contributed by atoms with van der Waals surface area (Å²) in [6, 6.07) is 6.79. The fourth-order valence-corrected chi connectivity index (χ4v) is 2.08. The Balaban J connectivity index is 2.80. The molecule has 0 aliphatic carbocycles. The van der Waals surface area contributed by atoms with E-state index in [1.807, 2.05) is 6.92 Å². The molecule has 0 saturated carbocycles. The number of sulfone groups is 1. The lowest BCUT2D eigenvalue weighted by molar-refractivity contribution is 0.597. The van der Waals surface area contributed by atoms with Gasteiger partial charge in [-0.15, -0.1) is 0 Å². The number of benzene rings is 1. The summed E-state index contributed by atoms with van der Waals surface area (Å²) in [5.74, 6) is 0.130. The SMILES string of the molecule is C=C(C)CNc1ccc(S(=O)(=O)CC)cc1. The number of hydrogen-bond acceptors (Lipinski definition) is 3. The van der Waals surface area contributed by atoms with Crippen molar-refractivity contribution in [2.45, 2.75) is 18.7 Å². The highest BCUT2D eigenvalue weighted by molar-refractivity contribution is 7.91. The lowest BCUT2D eigenvalue weighted by atomic mass is 10.3. The van der Waals surface area contributed by atoms with Crippen LogP contribution < -0.4 is 5.32 Å². The van der Waals surface area contributed by atoms with E-state index in [4.69, 9.17) is 0 Å². The molecule has 88 valence electrons. The van der Waals surface area contributed by atoms with E-state index in [0.29, 0.717) is 11.4 Å². The highest BCUT2D eigenvalue weighted by Crippen LogP contribution is 2.15. The summed E-state index contributed by atoms with van der Waals surface area (Å²) in [5.41, 5.74) is 1.93. The minimum Gasteiger partial charge on any atom is -0.381 e. The van der Waals surface area contributed by atoms with Gasteiger partial charge in [0.25, 0.3) is 0 Å². The van der Waals surface area contributed by atoms with Gasteiger partial charge in [0.1, 0.15) is 0 Å². The molecule has 0 saturated heterocycles. The first kappa shape index (κ1) is 12.8. The van der Waals surface area contributed by atoms with Gasteiger partial charge in [-0.1, -0.05) is 19.1 Å². The monoisotopic (exact) mass is 239 g/mol. The van der Waals surface area contributed by atoms with Gasteiger partial charge in [0.15, 0.2) is 9.84 Å². The van der Waals surface area contributed by atoms with Crippen molar-refractivity contribution < 1.29 is 8.42 Å². The van der Waals surface area contributed by atoms with Crippen LogP contribution in [-0.2, 0) is 9.84 Å². The Morgan fingerprint density at radius 2 is 1.88 bits per heavy atom. The zero-order chi connectivity index (χ0) is 12.2. The van der Waals surface area contributed by atoms with Crippen LogP contribution in [0.3, 0.4) is 0 Å². The van der Waals surface area contributed by atoms with Crippen molar-refractivity contribution in [3.8, 4) is 0 Å². The molecule has 0 atom stereocenters. The lowest BCUT2D eigenvalue weighted by Crippen LogP contribution is -2.05. The molecule has 1 rings (SSSR count). The molecule has 16 heavy (non-hydrogen) atoms. The van der Waals surface area contributed by atoms with Gasteiger partial charge in [0.2, 0.25) is 0 Å². The molecular weight excluding hydrogens is 222 g/mol. The molecule has 0 aliphatic rings. The molecule has 3 nitrogen and oxygen atoms in total. The van der Waals surface area contributed by atoms with Crippen LogP contribution in [0.4, 0.5) is 5.69 Å². The Morgan fingerprint density at radius 1 is 1.31 bits per heavy atom. The second-order valence-corrected chi connectivity index (χ2v) is 6.02. The maximum Gasteiger partial charge on any atom is 0.178 e. The van der Waals surface area contributed by atoms with Crippen molar-refractivity contribution in [3.63, 3.8) is 0 Å². The first-order valence-electron chi connectivity index (χ1n) is 5.17. The Labute approximate surface area is 97.1 Å². The smallest absolute Gasteiger partial charge is 0.178 e. The van der Waals surface area contributed by atoms with E-state index in [9.17, 15) is 8.42 Å². The van der Waals surface area contributed by atoms with E-state index in [2.05, 4.69) is 11.9 Å². The van der Waals surface area contributed by atoms with Crippen LogP contribution in [0, 0.1) is 0 Å². The van der Waals surface area contributed by atoms with Gasteiger partial charge in [-0.3, -0.25) is 0 Å². The quantitative estimate of drug-likeness (QED) is 0.803. The van der Waals surface area contributed by atoms with E-state index in [-0.39, 0.29) is 5.75 Å². The molecule has 4 heteroatoms. The number of anilines is 1. The molecule has 0 unspecified atom stereocenters. The van der Waals surface area contributed by atoms with Crippen molar-refractivity contribution in [2.75, 3.05) is 17.6 Å². The van der Waals surface area contributed by atoms with Crippen molar-refractivity contribution in [1.29, 1.82) is 0 Å². The maximum absolute atomic E-state index is 11.5. The minimum absolute atomic E-state index is 0.130. The molecule has 0 aromatic heterocycles. The summed E-state index contributed by atoms with van der Waals surface area (Å²) in [6.07, 6.45) is 0. The van der Waals surface area contributed by atoms with E-state index in [1.54, 1.807) is 31.2 Å². The number of rotatable bonds is 5. The highest BCUT2D eigenvalue weighted by Gasteiger charge is 2.10. The van der Waals surface area contributed by atoms with Crippen LogP contribution >= 0.6 is 0 Å². The van der Waals surface area contributed by atoms with Gasteiger partial charge >= 0.3 is 0 Å². The fourth-order valence-electron chi connectivity index (χ4n) is 1.20. The number of hydrogen-bond donors (Lipinski definition) is 1. The molecule has 0 bridgehead atoms. The largest absolute Gasteiger partial charge is 0.381 e. The third kappa shape index (κ3) is 3.38. The summed E-state index contributed by atoms with van der Waals surface area (Å²) in [7, 11) is -3.09. The third-order valence-corrected chi connectivity index (χ3v) is 3.94. The zero-order valence-electron chi connectivity index (χ0n) is 9.66. The summed E-state index contributed by atoms with van der Waals surface area (Å²) < 4.78 is 23.1. The normalized spacial score (nSPS) is 11.1. The first-order chi connectivity index (χ1) is 7.45. The molecule has 0 radical (unpaired) electrons. The van der Waals surface area contributed by atoms with Gasteiger partial charge in [-0.25, -0.2) is 8.42 Å². The first-order valence-corrected chi connectivity index (χ1v) is 6.82. The van der Waals surface area contributed by atoms with Crippen LogP contribution in [0.2, 0.25) is 0 Å². The van der Waals surface area contributed by atoms with Crippen molar-refractivity contribution >= 4 is 15.5 Å². The lowest BCUT2D eigenvalue weighted by Gasteiger charge is -2.07. The Kier molecular flexibility index (Phi) is 4.12. The summed E-state index contributed by atoms with van der Waals surface area (Å²) >= 11 is 0. The summed E-state index contributed by atoms with van der Waals surface area (Å²) in [6.45, 7) is 8.05. The van der Waals surface area contributed by atoms with Gasteiger partial charge in [-0.2, -0.15) is 0 Å². The Bertz CT molecular complexity index is 460. The van der Waals surface area contributed by atoms with Gasteiger partial charge in [0, 0.05) is 12.2 Å². The van der Waals surface area contributed by atoms with Crippen LogP contribution in [0.15, 0.2) is 41.3 Å². The predicted octanol–water partition coefficient (Wildman–Crippen LogP) is 2.47. The molecule has 0 fully saturated rings. The van der Waals surface area contributed by atoms with Crippen molar-refractivity contribution in [1.82, 2.24) is 0 Å². The molecule has 1 aromatic rings. The predicted molar refractivity (Wildman–Crippen MR) is 67.5 cm³/mol. The molecule has 0 heterocycles. The average Bonchev–Trinajstić information content (AvgIpc) is 2.27. The van der Waals surface area contributed by atoms with Crippen LogP contribution in [0.25, 0.3) is 0 Å². The fraction of sp³-hybridized carbons (Fsp3) is 0.333. The van der Waals surface area contributed by atoms with Crippen molar-refractivity contribution in [3.05, 3.63) is 36.4 Å². The second kappa shape index (κ2) is 5.16. The molecule has 0 spiro atoms. The highest BCUT2D eigenvalue weighted by atomic mass is 32.2. The van der Waals surface area contributed by atoms with E-state index in [1.165, 1.54) is 0 Å². The van der Waals surface area contributed by atoms with Gasteiger partial charge in [-0.05, 0) is 31.2 Å². The standard InChI is InChI=1S/C12H17NO2S/c1-4-16(14,15)12-7-5-11(6-8-12)13-9-10(2)3/h5-8,13H,2,4,9H2,1,3H3. The molecule has 1 N–H and O–H groups in total. The maximum atomic E-state index is 11.5. The number of nitrogens with one attached hydrogen (secondary N) is 1. The molecular formula is C12H17NO2S. The zero-order valence-corrected chi connectivity index (χ0v) is 10.5. The van der Waals surface area contributed by atoms with E-state index >= 15 is 0 Å². The Hall–Kier alpha value is -1.29. The summed E-state index contributed by atoms with van der Waals surface area (Å²) in [4.78, 5) is 0.371. The Morgan fingerprint density at radius 3 is 2.31 bits per heavy atom. The van der Waals surface area contributed by atoms with Crippen LogP contribution in [-0.4, -0.2) is 20.7 Å². The van der Waals surface area contributed by atoms with Gasteiger partial charge in [0.05, 0.1) is 10.6 Å². The molecule has 0 amide bonds. The van der Waals surface area contributed by atoms with E-state index < -0.39 is 9.84 Å².